The van der Waals surface area contributed by atoms with Crippen LogP contribution in [0.3, 0.4) is 0 Å². The molecule has 5 heteroatoms. The topological polar surface area (TPSA) is 47.3 Å². The second-order valence-corrected chi connectivity index (χ2v) is 4.84. The van der Waals surface area contributed by atoms with Crippen molar-refractivity contribution in [3.63, 3.8) is 0 Å². The van der Waals surface area contributed by atoms with Gasteiger partial charge in [-0.05, 0) is 36.2 Å². The molecule has 0 amide bonds. The van der Waals surface area contributed by atoms with Gasteiger partial charge in [0, 0.05) is 10.6 Å². The lowest BCUT2D eigenvalue weighted by atomic mass is 9.98. The van der Waals surface area contributed by atoms with Crippen LogP contribution in [-0.4, -0.2) is 7.11 Å². The van der Waals surface area contributed by atoms with Gasteiger partial charge < -0.3 is 4.74 Å². The van der Waals surface area contributed by atoms with E-state index in [-0.39, 0.29) is 11.9 Å². The van der Waals surface area contributed by atoms with Crippen LogP contribution in [0.1, 0.15) is 17.2 Å². The highest BCUT2D eigenvalue weighted by Crippen LogP contribution is 2.28. The van der Waals surface area contributed by atoms with E-state index in [1.165, 1.54) is 12.1 Å². The molecule has 0 bridgehead atoms. The molecule has 0 radical (unpaired) electrons. The number of para-hydroxylation sites is 1. The van der Waals surface area contributed by atoms with Gasteiger partial charge >= 0.3 is 0 Å². The largest absolute Gasteiger partial charge is 0.496 e. The molecule has 0 aliphatic rings. The minimum absolute atomic E-state index is 0.265. The van der Waals surface area contributed by atoms with E-state index in [1.54, 1.807) is 13.2 Å². The molecule has 0 fully saturated rings. The van der Waals surface area contributed by atoms with Crippen molar-refractivity contribution in [2.24, 2.45) is 5.84 Å². The fourth-order valence-electron chi connectivity index (χ4n) is 2.13. The van der Waals surface area contributed by atoms with E-state index >= 15 is 0 Å². The Morgan fingerprint density at radius 2 is 2.05 bits per heavy atom. The summed E-state index contributed by atoms with van der Waals surface area (Å²) in [6.07, 6.45) is 0.378. The molecule has 0 saturated carbocycles. The third-order valence-corrected chi connectivity index (χ3v) is 3.38. The molecule has 2 rings (SSSR count). The molecule has 1 atom stereocenters. The van der Waals surface area contributed by atoms with E-state index in [0.29, 0.717) is 22.8 Å². The van der Waals surface area contributed by atoms with Gasteiger partial charge in [0.1, 0.15) is 11.6 Å². The minimum atomic E-state index is -0.301. The summed E-state index contributed by atoms with van der Waals surface area (Å²) in [6.45, 7) is 0. The van der Waals surface area contributed by atoms with Crippen LogP contribution in [0.5, 0.6) is 5.75 Å². The van der Waals surface area contributed by atoms with Crippen LogP contribution < -0.4 is 16.0 Å². The maximum Gasteiger partial charge on any atom is 0.126 e. The maximum atomic E-state index is 13.8. The summed E-state index contributed by atoms with van der Waals surface area (Å²) >= 11 is 5.91. The Kier molecular flexibility index (Phi) is 4.95. The van der Waals surface area contributed by atoms with Crippen molar-refractivity contribution in [3.05, 3.63) is 64.4 Å². The standard InChI is InChI=1S/C15H16ClFN2O/c1-20-15-5-3-2-4-12(15)14(19-18)9-10-8-11(16)6-7-13(10)17/h2-8,14,19H,9,18H2,1H3. The highest BCUT2D eigenvalue weighted by Gasteiger charge is 2.17. The summed E-state index contributed by atoms with van der Waals surface area (Å²) in [5.41, 5.74) is 4.08. The van der Waals surface area contributed by atoms with Gasteiger partial charge in [0.25, 0.3) is 0 Å². The number of rotatable bonds is 5. The first-order valence-corrected chi connectivity index (χ1v) is 6.56. The number of ether oxygens (including phenoxy) is 1. The fourth-order valence-corrected chi connectivity index (χ4v) is 2.33. The van der Waals surface area contributed by atoms with Crippen molar-refractivity contribution in [1.29, 1.82) is 0 Å². The molecule has 0 aliphatic carbocycles. The molecule has 1 unspecified atom stereocenters. The molecule has 3 nitrogen and oxygen atoms in total. The number of nitrogens with two attached hydrogens (primary N) is 1. The number of hydrogen-bond acceptors (Lipinski definition) is 3. The lowest BCUT2D eigenvalue weighted by molar-refractivity contribution is 0.398. The Morgan fingerprint density at radius 1 is 1.30 bits per heavy atom. The smallest absolute Gasteiger partial charge is 0.126 e. The number of benzene rings is 2. The average molecular weight is 295 g/mol. The summed E-state index contributed by atoms with van der Waals surface area (Å²) in [5.74, 6) is 6.01. The predicted octanol–water partition coefficient (Wildman–Crippen LogP) is 3.23. The number of hydrazine groups is 1. The third kappa shape index (κ3) is 3.28. The van der Waals surface area contributed by atoms with E-state index in [2.05, 4.69) is 5.43 Å². The molecular weight excluding hydrogens is 279 g/mol. The summed E-state index contributed by atoms with van der Waals surface area (Å²) in [4.78, 5) is 0. The first-order valence-electron chi connectivity index (χ1n) is 6.18. The van der Waals surface area contributed by atoms with E-state index in [4.69, 9.17) is 22.2 Å². The van der Waals surface area contributed by atoms with Crippen molar-refractivity contribution in [3.8, 4) is 5.75 Å². The van der Waals surface area contributed by atoms with Crippen molar-refractivity contribution in [1.82, 2.24) is 5.43 Å². The minimum Gasteiger partial charge on any atom is -0.496 e. The van der Waals surface area contributed by atoms with Gasteiger partial charge in [-0.15, -0.1) is 0 Å². The summed E-state index contributed by atoms with van der Waals surface area (Å²) in [6, 6.07) is 11.7. The van der Waals surface area contributed by atoms with Crippen LogP contribution in [0.4, 0.5) is 4.39 Å². The van der Waals surface area contributed by atoms with E-state index in [9.17, 15) is 4.39 Å². The van der Waals surface area contributed by atoms with Gasteiger partial charge in [-0.3, -0.25) is 11.3 Å². The number of halogens is 2. The molecular formula is C15H16ClFN2O. The number of methoxy groups -OCH3 is 1. The molecule has 20 heavy (non-hydrogen) atoms. The van der Waals surface area contributed by atoms with Crippen LogP contribution in [0.25, 0.3) is 0 Å². The van der Waals surface area contributed by atoms with Crippen LogP contribution in [-0.2, 0) is 6.42 Å². The summed E-state index contributed by atoms with van der Waals surface area (Å²) in [7, 11) is 1.59. The monoisotopic (exact) mass is 294 g/mol. The van der Waals surface area contributed by atoms with Gasteiger partial charge in [0.2, 0.25) is 0 Å². The van der Waals surface area contributed by atoms with Crippen LogP contribution in [0.15, 0.2) is 42.5 Å². The Hall–Kier alpha value is -1.62. The predicted molar refractivity (Wildman–Crippen MR) is 78.2 cm³/mol. The molecule has 2 aromatic carbocycles. The first kappa shape index (κ1) is 14.8. The number of hydrogen-bond donors (Lipinski definition) is 2. The van der Waals surface area contributed by atoms with Crippen molar-refractivity contribution >= 4 is 11.6 Å². The Labute approximate surface area is 122 Å². The first-order chi connectivity index (χ1) is 9.65. The zero-order valence-corrected chi connectivity index (χ0v) is 11.8. The second kappa shape index (κ2) is 6.70. The van der Waals surface area contributed by atoms with Crippen LogP contribution >= 0.6 is 11.6 Å². The maximum absolute atomic E-state index is 13.8. The van der Waals surface area contributed by atoms with Gasteiger partial charge in [-0.2, -0.15) is 0 Å². The van der Waals surface area contributed by atoms with Gasteiger partial charge in [-0.25, -0.2) is 4.39 Å². The highest BCUT2D eigenvalue weighted by atomic mass is 35.5. The molecule has 0 heterocycles. The van der Waals surface area contributed by atoms with Gasteiger partial charge in [0.15, 0.2) is 0 Å². The van der Waals surface area contributed by atoms with Crippen molar-refractivity contribution < 1.29 is 9.13 Å². The van der Waals surface area contributed by atoms with E-state index < -0.39 is 0 Å². The molecule has 3 N–H and O–H groups in total. The molecule has 0 spiro atoms. The Morgan fingerprint density at radius 3 is 2.75 bits per heavy atom. The average Bonchev–Trinajstić information content (AvgIpc) is 2.48. The van der Waals surface area contributed by atoms with Crippen LogP contribution in [0, 0.1) is 5.82 Å². The van der Waals surface area contributed by atoms with E-state index in [1.807, 2.05) is 24.3 Å². The molecule has 0 saturated heterocycles. The molecule has 0 aromatic heterocycles. The molecule has 2 aromatic rings. The lowest BCUT2D eigenvalue weighted by Gasteiger charge is -2.19. The van der Waals surface area contributed by atoms with E-state index in [0.717, 1.165) is 5.56 Å². The number of nitrogens with one attached hydrogen (secondary N) is 1. The normalized spacial score (nSPS) is 12.2. The van der Waals surface area contributed by atoms with Crippen molar-refractivity contribution in [2.45, 2.75) is 12.5 Å². The summed E-state index contributed by atoms with van der Waals surface area (Å²) < 4.78 is 19.1. The Bertz CT molecular complexity index is 592. The third-order valence-electron chi connectivity index (χ3n) is 3.15. The zero-order chi connectivity index (χ0) is 14.5. The SMILES string of the molecule is COc1ccccc1C(Cc1cc(Cl)ccc1F)NN. The quantitative estimate of drug-likeness (QED) is 0.657. The highest BCUT2D eigenvalue weighted by molar-refractivity contribution is 6.30. The molecule has 0 aliphatic heterocycles. The van der Waals surface area contributed by atoms with Crippen molar-refractivity contribution in [2.75, 3.05) is 7.11 Å². The Balaban J connectivity index is 2.31. The van der Waals surface area contributed by atoms with Gasteiger partial charge in [-0.1, -0.05) is 29.8 Å². The van der Waals surface area contributed by atoms with Gasteiger partial charge in [0.05, 0.1) is 13.2 Å². The van der Waals surface area contributed by atoms with Crippen LogP contribution in [0.2, 0.25) is 5.02 Å². The second-order valence-electron chi connectivity index (χ2n) is 4.40. The fraction of sp³-hybridized carbons (Fsp3) is 0.200. The lowest BCUT2D eigenvalue weighted by Crippen LogP contribution is -2.30. The zero-order valence-electron chi connectivity index (χ0n) is 11.1. The summed E-state index contributed by atoms with van der Waals surface area (Å²) in [5, 5.41) is 0.497. The molecule has 106 valence electrons.